The number of hydrogen-bond donors (Lipinski definition) is 0. The lowest BCUT2D eigenvalue weighted by atomic mass is 9.73. The standard InChI is InChI=1S/C28H40O6/c1-23-8-9-25-24-6-4-5-7-26(24)28(27(25)22-23,10-12-31-18-20-33-16-14-29-2)11-13-32-19-21-34-17-15-30-3/h4-9,22H,10-21H2,1-3H3. The Hall–Kier alpha value is -1.80. The molecule has 0 amide bonds. The Labute approximate surface area is 204 Å². The van der Waals surface area contributed by atoms with E-state index in [4.69, 9.17) is 28.4 Å². The first kappa shape index (κ1) is 26.8. The Morgan fingerprint density at radius 2 is 1.06 bits per heavy atom. The fourth-order valence-corrected chi connectivity index (χ4v) is 4.65. The van der Waals surface area contributed by atoms with E-state index in [-0.39, 0.29) is 5.41 Å². The van der Waals surface area contributed by atoms with Crippen LogP contribution in [0.15, 0.2) is 42.5 Å². The van der Waals surface area contributed by atoms with E-state index in [0.29, 0.717) is 66.1 Å². The molecule has 0 unspecified atom stereocenters. The van der Waals surface area contributed by atoms with Gasteiger partial charge >= 0.3 is 0 Å². The van der Waals surface area contributed by atoms with E-state index >= 15 is 0 Å². The highest BCUT2D eigenvalue weighted by molar-refractivity contribution is 5.81. The topological polar surface area (TPSA) is 55.4 Å². The van der Waals surface area contributed by atoms with Crippen molar-refractivity contribution in [2.24, 2.45) is 0 Å². The van der Waals surface area contributed by atoms with Gasteiger partial charge in [0.2, 0.25) is 0 Å². The van der Waals surface area contributed by atoms with Gasteiger partial charge in [-0.2, -0.15) is 0 Å². The minimum atomic E-state index is -0.133. The van der Waals surface area contributed by atoms with E-state index in [1.165, 1.54) is 27.8 Å². The summed E-state index contributed by atoms with van der Waals surface area (Å²) < 4.78 is 33.1. The van der Waals surface area contributed by atoms with E-state index in [2.05, 4.69) is 49.4 Å². The second kappa shape index (κ2) is 14.6. The fourth-order valence-electron chi connectivity index (χ4n) is 4.65. The zero-order valence-electron chi connectivity index (χ0n) is 21.0. The molecule has 0 fully saturated rings. The van der Waals surface area contributed by atoms with Crippen LogP contribution in [0.1, 0.15) is 29.5 Å². The molecule has 0 saturated carbocycles. The lowest BCUT2D eigenvalue weighted by Crippen LogP contribution is -2.29. The summed E-state index contributed by atoms with van der Waals surface area (Å²) in [5, 5.41) is 0. The fraction of sp³-hybridized carbons (Fsp3) is 0.571. The van der Waals surface area contributed by atoms with E-state index in [0.717, 1.165) is 12.8 Å². The van der Waals surface area contributed by atoms with Crippen molar-refractivity contribution in [1.82, 2.24) is 0 Å². The van der Waals surface area contributed by atoms with Crippen molar-refractivity contribution in [3.63, 3.8) is 0 Å². The van der Waals surface area contributed by atoms with E-state index in [1.54, 1.807) is 14.2 Å². The van der Waals surface area contributed by atoms with Crippen molar-refractivity contribution >= 4 is 0 Å². The highest BCUT2D eigenvalue weighted by Gasteiger charge is 2.42. The molecule has 0 radical (unpaired) electrons. The average molecular weight is 473 g/mol. The Morgan fingerprint density at radius 1 is 0.559 bits per heavy atom. The third kappa shape index (κ3) is 7.11. The number of benzene rings is 2. The first-order valence-corrected chi connectivity index (χ1v) is 12.2. The first-order chi connectivity index (χ1) is 16.7. The Morgan fingerprint density at radius 3 is 1.65 bits per heavy atom. The van der Waals surface area contributed by atoms with Crippen LogP contribution >= 0.6 is 0 Å². The molecular weight excluding hydrogens is 432 g/mol. The van der Waals surface area contributed by atoms with Gasteiger partial charge in [0.05, 0.1) is 52.9 Å². The van der Waals surface area contributed by atoms with Crippen LogP contribution in [0.4, 0.5) is 0 Å². The molecule has 0 bridgehead atoms. The highest BCUT2D eigenvalue weighted by atomic mass is 16.5. The second-order valence-corrected chi connectivity index (χ2v) is 8.61. The molecule has 2 aromatic carbocycles. The van der Waals surface area contributed by atoms with Gasteiger partial charge in [-0.25, -0.2) is 0 Å². The number of ether oxygens (including phenoxy) is 6. The van der Waals surface area contributed by atoms with Gasteiger partial charge in [-0.1, -0.05) is 48.0 Å². The van der Waals surface area contributed by atoms with Crippen molar-refractivity contribution in [2.45, 2.75) is 25.2 Å². The third-order valence-electron chi connectivity index (χ3n) is 6.38. The SMILES string of the molecule is COCCOCCOCCC1(CCOCCOCCOC)c2ccccc2-c2ccc(C)cc21. The lowest BCUT2D eigenvalue weighted by Gasteiger charge is -2.32. The molecule has 188 valence electrons. The van der Waals surface area contributed by atoms with Crippen molar-refractivity contribution in [1.29, 1.82) is 0 Å². The molecular formula is C28H40O6. The molecule has 1 aliphatic carbocycles. The molecule has 0 atom stereocenters. The Balaban J connectivity index is 1.66. The van der Waals surface area contributed by atoms with E-state index in [9.17, 15) is 0 Å². The predicted molar refractivity (Wildman–Crippen MR) is 134 cm³/mol. The summed E-state index contributed by atoms with van der Waals surface area (Å²) >= 11 is 0. The maximum Gasteiger partial charge on any atom is 0.0701 e. The van der Waals surface area contributed by atoms with Crippen LogP contribution in [0.3, 0.4) is 0 Å². The van der Waals surface area contributed by atoms with Crippen LogP contribution in [0.25, 0.3) is 11.1 Å². The number of hydrogen-bond acceptors (Lipinski definition) is 6. The van der Waals surface area contributed by atoms with Crippen LogP contribution in [-0.2, 0) is 33.8 Å². The van der Waals surface area contributed by atoms with Crippen LogP contribution in [-0.4, -0.2) is 80.3 Å². The molecule has 2 aromatic rings. The molecule has 1 aliphatic rings. The minimum absolute atomic E-state index is 0.133. The molecule has 6 heteroatoms. The van der Waals surface area contributed by atoms with Gasteiger partial charge < -0.3 is 28.4 Å². The summed E-state index contributed by atoms with van der Waals surface area (Å²) in [7, 11) is 3.35. The largest absolute Gasteiger partial charge is 0.382 e. The molecule has 0 saturated heterocycles. The molecule has 0 spiro atoms. The highest BCUT2D eigenvalue weighted by Crippen LogP contribution is 2.52. The van der Waals surface area contributed by atoms with Crippen molar-refractivity contribution < 1.29 is 28.4 Å². The van der Waals surface area contributed by atoms with Gasteiger partial charge in [0, 0.05) is 32.8 Å². The van der Waals surface area contributed by atoms with E-state index < -0.39 is 0 Å². The van der Waals surface area contributed by atoms with Crippen LogP contribution < -0.4 is 0 Å². The second-order valence-electron chi connectivity index (χ2n) is 8.61. The minimum Gasteiger partial charge on any atom is -0.382 e. The zero-order valence-corrected chi connectivity index (χ0v) is 21.0. The summed E-state index contributed by atoms with van der Waals surface area (Å²) in [6, 6.07) is 15.6. The summed E-state index contributed by atoms with van der Waals surface area (Å²) in [6.07, 6.45) is 1.79. The van der Waals surface area contributed by atoms with Gasteiger partial charge in [0.1, 0.15) is 0 Å². The smallest absolute Gasteiger partial charge is 0.0701 e. The lowest BCUT2D eigenvalue weighted by molar-refractivity contribution is 0.0145. The predicted octanol–water partition coefficient (Wildman–Crippen LogP) is 4.40. The Kier molecular flexibility index (Phi) is 11.5. The van der Waals surface area contributed by atoms with Gasteiger partial charge in [-0.3, -0.25) is 0 Å². The maximum absolute atomic E-state index is 6.01. The Bertz CT molecular complexity index is 833. The first-order valence-electron chi connectivity index (χ1n) is 12.2. The van der Waals surface area contributed by atoms with Crippen molar-refractivity contribution in [2.75, 3.05) is 80.3 Å². The van der Waals surface area contributed by atoms with Crippen molar-refractivity contribution in [3.05, 3.63) is 59.2 Å². The van der Waals surface area contributed by atoms with Gasteiger partial charge in [-0.15, -0.1) is 0 Å². The summed E-state index contributed by atoms with van der Waals surface area (Å²) in [5.74, 6) is 0. The van der Waals surface area contributed by atoms with Gasteiger partial charge in [0.25, 0.3) is 0 Å². The molecule has 0 heterocycles. The van der Waals surface area contributed by atoms with E-state index in [1.807, 2.05) is 0 Å². The normalized spacial score (nSPS) is 13.7. The zero-order chi connectivity index (χ0) is 24.1. The quantitative estimate of drug-likeness (QED) is 0.300. The number of rotatable bonds is 18. The summed E-state index contributed by atoms with van der Waals surface area (Å²) in [6.45, 7) is 8.20. The van der Waals surface area contributed by atoms with Crippen LogP contribution in [0.2, 0.25) is 0 Å². The van der Waals surface area contributed by atoms with Crippen molar-refractivity contribution in [3.8, 4) is 11.1 Å². The monoisotopic (exact) mass is 472 g/mol. The number of aryl methyl sites for hydroxylation is 1. The van der Waals surface area contributed by atoms with Crippen LogP contribution in [0.5, 0.6) is 0 Å². The molecule has 0 N–H and O–H groups in total. The maximum atomic E-state index is 6.01. The average Bonchev–Trinajstić information content (AvgIpc) is 3.12. The number of fused-ring (bicyclic) bond motifs is 3. The molecule has 34 heavy (non-hydrogen) atoms. The molecule has 0 aromatic heterocycles. The third-order valence-corrected chi connectivity index (χ3v) is 6.38. The molecule has 3 rings (SSSR count). The van der Waals surface area contributed by atoms with Gasteiger partial charge in [-0.05, 0) is 42.0 Å². The number of methoxy groups -OCH3 is 2. The molecule has 6 nitrogen and oxygen atoms in total. The molecule has 0 aliphatic heterocycles. The summed E-state index contributed by atoms with van der Waals surface area (Å²) in [5.41, 5.74) is 6.54. The summed E-state index contributed by atoms with van der Waals surface area (Å²) in [4.78, 5) is 0. The van der Waals surface area contributed by atoms with Crippen LogP contribution in [0, 0.1) is 6.92 Å². The van der Waals surface area contributed by atoms with Gasteiger partial charge in [0.15, 0.2) is 0 Å².